The number of carbonyl (C=O) groups is 1. The number of aromatic nitrogens is 3. The number of carbonyl (C=O) groups excluding carboxylic acids is 1. The molecule has 10 heteroatoms. The van der Waals surface area contributed by atoms with Gasteiger partial charge in [0.25, 0.3) is 5.91 Å². The van der Waals surface area contributed by atoms with Gasteiger partial charge in [-0.15, -0.1) is 0 Å². The van der Waals surface area contributed by atoms with Crippen LogP contribution in [0.3, 0.4) is 0 Å². The molecule has 1 N–H and O–H groups in total. The lowest BCUT2D eigenvalue weighted by Crippen LogP contribution is -2.16. The molecule has 0 aliphatic rings. The van der Waals surface area contributed by atoms with Crippen molar-refractivity contribution < 1.29 is 22.0 Å². The Morgan fingerprint density at radius 1 is 1.03 bits per heavy atom. The number of benzene rings is 2. The number of rotatable bonds is 5. The summed E-state index contributed by atoms with van der Waals surface area (Å²) in [7, 11) is -3.59. The zero-order valence-corrected chi connectivity index (χ0v) is 17.0. The third-order valence-electron chi connectivity index (χ3n) is 4.52. The average Bonchev–Trinajstić information content (AvgIpc) is 3.38. The molecule has 0 spiro atoms. The lowest BCUT2D eigenvalue weighted by molar-refractivity contribution is 0.102. The van der Waals surface area contributed by atoms with Crippen molar-refractivity contribution in [1.29, 1.82) is 0 Å². The average molecular weight is 442 g/mol. The molecule has 0 aliphatic heterocycles. The standard InChI is InChI=1S/C21H16F2N4O3S/c1-31(29,30)16-8-9-18(23)19(12-16)25-20(28)17-13-24-27(15-6-4-14(22)5-7-15)21(17)26-10-2-3-11-26/h2-13H,1H3,(H,25,28). The molecule has 158 valence electrons. The van der Waals surface area contributed by atoms with Gasteiger partial charge in [-0.3, -0.25) is 4.79 Å². The third-order valence-corrected chi connectivity index (χ3v) is 5.63. The van der Waals surface area contributed by atoms with Crippen molar-refractivity contribution in [2.24, 2.45) is 0 Å². The van der Waals surface area contributed by atoms with Gasteiger partial charge in [0.05, 0.1) is 22.5 Å². The van der Waals surface area contributed by atoms with E-state index in [4.69, 9.17) is 0 Å². The second kappa shape index (κ2) is 7.80. The number of halogens is 2. The molecule has 7 nitrogen and oxygen atoms in total. The minimum Gasteiger partial charge on any atom is -0.319 e. The largest absolute Gasteiger partial charge is 0.319 e. The van der Waals surface area contributed by atoms with Crippen LogP contribution in [0.1, 0.15) is 10.4 Å². The molecule has 0 unspecified atom stereocenters. The second-order valence-electron chi connectivity index (χ2n) is 6.73. The number of nitrogens with one attached hydrogen (secondary N) is 1. The van der Waals surface area contributed by atoms with Crippen LogP contribution in [-0.2, 0) is 9.84 Å². The number of anilines is 1. The molecule has 1 amide bonds. The Morgan fingerprint density at radius 2 is 1.71 bits per heavy atom. The topological polar surface area (TPSA) is 86.0 Å². The first kappa shape index (κ1) is 20.5. The summed E-state index contributed by atoms with van der Waals surface area (Å²) in [6, 6.07) is 12.2. The maximum atomic E-state index is 14.2. The van der Waals surface area contributed by atoms with Gasteiger partial charge in [0, 0.05) is 18.6 Å². The van der Waals surface area contributed by atoms with Gasteiger partial charge in [-0.25, -0.2) is 21.9 Å². The molecule has 0 aliphatic carbocycles. The van der Waals surface area contributed by atoms with Crippen molar-refractivity contribution in [1.82, 2.24) is 14.3 Å². The van der Waals surface area contributed by atoms with Gasteiger partial charge >= 0.3 is 0 Å². The first-order valence-electron chi connectivity index (χ1n) is 9.02. The van der Waals surface area contributed by atoms with Crippen molar-refractivity contribution in [3.63, 3.8) is 0 Å². The molecule has 31 heavy (non-hydrogen) atoms. The highest BCUT2D eigenvalue weighted by atomic mass is 32.2. The summed E-state index contributed by atoms with van der Waals surface area (Å²) in [5, 5.41) is 6.65. The van der Waals surface area contributed by atoms with Crippen LogP contribution in [0.4, 0.5) is 14.5 Å². The van der Waals surface area contributed by atoms with Crippen molar-refractivity contribution >= 4 is 21.4 Å². The van der Waals surface area contributed by atoms with Gasteiger partial charge in [0.2, 0.25) is 0 Å². The van der Waals surface area contributed by atoms with Gasteiger partial charge in [0.15, 0.2) is 15.7 Å². The molecule has 0 fully saturated rings. The summed E-state index contributed by atoms with van der Waals surface area (Å²) < 4.78 is 54.2. The smallest absolute Gasteiger partial charge is 0.261 e. The lowest BCUT2D eigenvalue weighted by atomic mass is 10.2. The van der Waals surface area contributed by atoms with Crippen LogP contribution in [0.15, 0.2) is 78.1 Å². The number of sulfone groups is 1. The molecule has 0 saturated carbocycles. The van der Waals surface area contributed by atoms with Gasteiger partial charge < -0.3 is 9.88 Å². The first-order chi connectivity index (χ1) is 14.7. The highest BCUT2D eigenvalue weighted by Crippen LogP contribution is 2.24. The minimum absolute atomic E-state index is 0.102. The lowest BCUT2D eigenvalue weighted by Gasteiger charge is -2.12. The SMILES string of the molecule is CS(=O)(=O)c1ccc(F)c(NC(=O)c2cnn(-c3ccc(F)cc3)c2-n2cccc2)c1. The predicted octanol–water partition coefficient (Wildman–Crippen LogP) is 3.60. The molecular formula is C21H16F2N4O3S. The van der Waals surface area contributed by atoms with Crippen molar-refractivity contribution in [3.8, 4) is 11.5 Å². The van der Waals surface area contributed by atoms with E-state index in [0.29, 0.717) is 11.5 Å². The highest BCUT2D eigenvalue weighted by Gasteiger charge is 2.21. The fraction of sp³-hybridized carbons (Fsp3) is 0.0476. The van der Waals surface area contributed by atoms with Crippen LogP contribution in [-0.4, -0.2) is 34.9 Å². The first-order valence-corrected chi connectivity index (χ1v) is 10.9. The predicted molar refractivity (Wildman–Crippen MR) is 110 cm³/mol. The van der Waals surface area contributed by atoms with Gasteiger partial charge in [0.1, 0.15) is 17.2 Å². The Bertz CT molecular complexity index is 1360. The summed E-state index contributed by atoms with van der Waals surface area (Å²) in [6.45, 7) is 0. The van der Waals surface area contributed by atoms with Crippen LogP contribution in [0, 0.1) is 11.6 Å². The molecule has 2 aromatic heterocycles. The Balaban J connectivity index is 1.77. The Kier molecular flexibility index (Phi) is 5.15. The summed E-state index contributed by atoms with van der Waals surface area (Å²) in [6.07, 6.45) is 5.67. The number of hydrogen-bond acceptors (Lipinski definition) is 4. The monoisotopic (exact) mass is 442 g/mol. The summed E-state index contributed by atoms with van der Waals surface area (Å²) >= 11 is 0. The quantitative estimate of drug-likeness (QED) is 0.479. The van der Waals surface area contributed by atoms with E-state index in [2.05, 4.69) is 10.4 Å². The third kappa shape index (κ3) is 4.10. The highest BCUT2D eigenvalue weighted by molar-refractivity contribution is 7.90. The summed E-state index contributed by atoms with van der Waals surface area (Å²) in [4.78, 5) is 12.9. The summed E-state index contributed by atoms with van der Waals surface area (Å²) in [5.74, 6) is -1.55. The molecule has 0 atom stereocenters. The number of hydrogen-bond donors (Lipinski definition) is 1. The van der Waals surface area contributed by atoms with Crippen LogP contribution in [0.25, 0.3) is 11.5 Å². The van der Waals surface area contributed by atoms with E-state index in [1.807, 2.05) is 0 Å². The van der Waals surface area contributed by atoms with Crippen LogP contribution in [0.2, 0.25) is 0 Å². The van der Waals surface area contributed by atoms with Gasteiger partial charge in [-0.1, -0.05) is 0 Å². The maximum absolute atomic E-state index is 14.2. The number of nitrogens with zero attached hydrogens (tertiary/aromatic N) is 3. The van der Waals surface area contributed by atoms with E-state index >= 15 is 0 Å². The fourth-order valence-electron chi connectivity index (χ4n) is 3.02. The van der Waals surface area contributed by atoms with E-state index in [1.54, 1.807) is 29.1 Å². The molecule has 4 rings (SSSR count). The summed E-state index contributed by atoms with van der Waals surface area (Å²) in [5.41, 5.74) is 0.333. The molecule has 0 saturated heterocycles. The fourth-order valence-corrected chi connectivity index (χ4v) is 3.67. The number of amides is 1. The Morgan fingerprint density at radius 3 is 2.35 bits per heavy atom. The van der Waals surface area contributed by atoms with E-state index in [9.17, 15) is 22.0 Å². The molecule has 4 aromatic rings. The normalized spacial score (nSPS) is 11.5. The minimum atomic E-state index is -3.59. The van der Waals surface area contributed by atoms with E-state index in [0.717, 1.165) is 24.5 Å². The van der Waals surface area contributed by atoms with Crippen molar-refractivity contribution in [2.45, 2.75) is 4.90 Å². The molecule has 2 aromatic carbocycles. The van der Waals surface area contributed by atoms with E-state index < -0.39 is 27.4 Å². The Labute approximate surface area is 176 Å². The molecular weight excluding hydrogens is 426 g/mol. The van der Waals surface area contributed by atoms with E-state index in [-0.39, 0.29) is 16.1 Å². The molecule has 0 bridgehead atoms. The van der Waals surface area contributed by atoms with Crippen molar-refractivity contribution in [3.05, 3.63) is 90.4 Å². The van der Waals surface area contributed by atoms with Gasteiger partial charge in [-0.2, -0.15) is 5.10 Å². The second-order valence-corrected chi connectivity index (χ2v) is 8.74. The Hall–Kier alpha value is -3.79. The van der Waals surface area contributed by atoms with Gasteiger partial charge in [-0.05, 0) is 54.6 Å². The zero-order valence-electron chi connectivity index (χ0n) is 16.2. The molecule has 0 radical (unpaired) electrons. The zero-order chi connectivity index (χ0) is 22.2. The van der Waals surface area contributed by atoms with Crippen LogP contribution in [0.5, 0.6) is 0 Å². The maximum Gasteiger partial charge on any atom is 0.261 e. The van der Waals surface area contributed by atoms with Crippen LogP contribution < -0.4 is 5.32 Å². The van der Waals surface area contributed by atoms with Crippen molar-refractivity contribution in [2.75, 3.05) is 11.6 Å². The molecule has 2 heterocycles. The van der Waals surface area contributed by atoms with Crippen LogP contribution >= 0.6 is 0 Å². The van der Waals surface area contributed by atoms with E-state index in [1.165, 1.54) is 35.1 Å².